The number of nitrogens with one attached hydrogen (secondary N) is 2. The van der Waals surface area contributed by atoms with Crippen molar-refractivity contribution < 1.29 is 0 Å². The van der Waals surface area contributed by atoms with Gasteiger partial charge in [0.25, 0.3) is 0 Å². The molecule has 1 aliphatic rings. The molecule has 1 fully saturated rings. The van der Waals surface area contributed by atoms with Gasteiger partial charge in [0.15, 0.2) is 5.11 Å². The predicted molar refractivity (Wildman–Crippen MR) is 107 cm³/mol. The van der Waals surface area contributed by atoms with Gasteiger partial charge in [-0.2, -0.15) is 4.98 Å². The smallest absolute Gasteiger partial charge is 0.231 e. The molecule has 0 aliphatic carbocycles. The highest BCUT2D eigenvalue weighted by atomic mass is 32.1. The van der Waals surface area contributed by atoms with Crippen molar-refractivity contribution in [3.8, 4) is 0 Å². The first-order chi connectivity index (χ1) is 12.2. The van der Waals surface area contributed by atoms with Crippen LogP contribution in [0.15, 0.2) is 36.4 Å². The zero-order valence-corrected chi connectivity index (χ0v) is 15.5. The highest BCUT2D eigenvalue weighted by molar-refractivity contribution is 7.80. The number of hydrogen-bond acceptors (Lipinski definition) is 4. The van der Waals surface area contributed by atoms with Crippen molar-refractivity contribution in [2.24, 2.45) is 0 Å². The maximum Gasteiger partial charge on any atom is 0.231 e. The van der Waals surface area contributed by atoms with Gasteiger partial charge in [0, 0.05) is 31.4 Å². The van der Waals surface area contributed by atoms with E-state index < -0.39 is 0 Å². The van der Waals surface area contributed by atoms with Crippen LogP contribution in [0.1, 0.15) is 36.9 Å². The molecule has 5 nitrogen and oxygen atoms in total. The number of thiocarbonyl (C=S) groups is 1. The highest BCUT2D eigenvalue weighted by Gasteiger charge is 2.13. The topological polar surface area (TPSA) is 53.1 Å². The van der Waals surface area contributed by atoms with Gasteiger partial charge in [0.2, 0.25) is 5.95 Å². The SMILES string of the molecule is Cc1cc(N2CCCCCC2)nc(NC(=S)NCc2ccccc2)n1. The standard InChI is InChI=1S/C19H25N5S/c1-15-13-17(24-11-7-2-3-8-12-24)22-18(21-15)23-19(25)20-14-16-9-5-4-6-10-16/h4-6,9-10,13H,2-3,7-8,11-12,14H2,1H3,(H2,20,21,22,23,25). The lowest BCUT2D eigenvalue weighted by Gasteiger charge is -2.22. The lowest BCUT2D eigenvalue weighted by molar-refractivity contribution is 0.726. The molecule has 0 saturated carbocycles. The lowest BCUT2D eigenvalue weighted by atomic mass is 10.2. The van der Waals surface area contributed by atoms with Crippen LogP contribution in [0.25, 0.3) is 0 Å². The summed E-state index contributed by atoms with van der Waals surface area (Å²) < 4.78 is 0. The van der Waals surface area contributed by atoms with E-state index in [0.29, 0.717) is 17.6 Å². The third kappa shape index (κ3) is 5.39. The van der Waals surface area contributed by atoms with Crippen LogP contribution >= 0.6 is 12.2 Å². The molecular weight excluding hydrogens is 330 g/mol. The first-order valence-electron chi connectivity index (χ1n) is 8.90. The van der Waals surface area contributed by atoms with Crippen molar-refractivity contribution >= 4 is 29.1 Å². The van der Waals surface area contributed by atoms with Crippen LogP contribution in [0.2, 0.25) is 0 Å². The molecule has 1 aromatic heterocycles. The van der Waals surface area contributed by atoms with Crippen molar-refractivity contribution in [3.63, 3.8) is 0 Å². The van der Waals surface area contributed by atoms with Crippen LogP contribution in [0.3, 0.4) is 0 Å². The Morgan fingerprint density at radius 2 is 1.80 bits per heavy atom. The van der Waals surface area contributed by atoms with E-state index in [1.807, 2.05) is 25.1 Å². The number of benzene rings is 1. The minimum atomic E-state index is 0.538. The molecule has 1 aliphatic heterocycles. The fourth-order valence-electron chi connectivity index (χ4n) is 2.99. The summed E-state index contributed by atoms with van der Waals surface area (Å²) in [5.41, 5.74) is 2.13. The fourth-order valence-corrected chi connectivity index (χ4v) is 3.16. The van der Waals surface area contributed by atoms with Gasteiger partial charge in [0.1, 0.15) is 5.82 Å². The summed E-state index contributed by atoms with van der Waals surface area (Å²) in [5, 5.41) is 6.86. The molecule has 0 bridgehead atoms. The summed E-state index contributed by atoms with van der Waals surface area (Å²) in [7, 11) is 0. The third-order valence-corrected chi connectivity index (χ3v) is 4.54. The van der Waals surface area contributed by atoms with E-state index in [9.17, 15) is 0 Å². The summed E-state index contributed by atoms with van der Waals surface area (Å²) in [4.78, 5) is 11.5. The maximum atomic E-state index is 5.38. The van der Waals surface area contributed by atoms with Gasteiger partial charge in [0.05, 0.1) is 0 Å². The van der Waals surface area contributed by atoms with Gasteiger partial charge in [-0.1, -0.05) is 43.2 Å². The molecule has 6 heteroatoms. The molecule has 0 radical (unpaired) electrons. The van der Waals surface area contributed by atoms with E-state index in [1.54, 1.807) is 0 Å². The number of anilines is 2. The van der Waals surface area contributed by atoms with E-state index in [0.717, 1.165) is 24.6 Å². The minimum Gasteiger partial charge on any atom is -0.358 e. The molecule has 0 unspecified atom stereocenters. The zero-order chi connectivity index (χ0) is 17.5. The van der Waals surface area contributed by atoms with Crippen LogP contribution in [0.4, 0.5) is 11.8 Å². The molecule has 2 heterocycles. The summed E-state index contributed by atoms with van der Waals surface area (Å²) in [6, 6.07) is 12.2. The molecule has 0 spiro atoms. The van der Waals surface area contributed by atoms with Gasteiger partial charge in [-0.15, -0.1) is 0 Å². The first-order valence-corrected chi connectivity index (χ1v) is 9.31. The summed E-state index contributed by atoms with van der Waals surface area (Å²) in [5.74, 6) is 1.55. The minimum absolute atomic E-state index is 0.538. The van der Waals surface area contributed by atoms with Gasteiger partial charge in [-0.25, -0.2) is 4.98 Å². The van der Waals surface area contributed by atoms with E-state index >= 15 is 0 Å². The molecule has 2 N–H and O–H groups in total. The Kier molecular flexibility index (Phi) is 6.17. The number of nitrogens with zero attached hydrogens (tertiary/aromatic N) is 3. The van der Waals surface area contributed by atoms with Crippen molar-refractivity contribution in [2.45, 2.75) is 39.2 Å². The number of hydrogen-bond donors (Lipinski definition) is 2. The Morgan fingerprint density at radius 3 is 2.52 bits per heavy atom. The Labute approximate surface area is 154 Å². The normalized spacial score (nSPS) is 14.7. The zero-order valence-electron chi connectivity index (χ0n) is 14.7. The van der Waals surface area contributed by atoms with Crippen LogP contribution in [0, 0.1) is 6.92 Å². The molecule has 132 valence electrons. The molecule has 1 saturated heterocycles. The maximum absolute atomic E-state index is 5.38. The second-order valence-corrected chi connectivity index (χ2v) is 6.79. The van der Waals surface area contributed by atoms with E-state index in [-0.39, 0.29) is 0 Å². The average Bonchev–Trinajstić information content (AvgIpc) is 2.90. The largest absolute Gasteiger partial charge is 0.358 e. The molecule has 1 aromatic carbocycles. The number of aryl methyl sites for hydroxylation is 1. The molecule has 3 rings (SSSR count). The average molecular weight is 356 g/mol. The van der Waals surface area contributed by atoms with Crippen LogP contribution in [0.5, 0.6) is 0 Å². The van der Waals surface area contributed by atoms with Gasteiger partial charge < -0.3 is 15.5 Å². The third-order valence-electron chi connectivity index (χ3n) is 4.29. The Bertz CT molecular complexity index is 696. The quantitative estimate of drug-likeness (QED) is 0.817. The Balaban J connectivity index is 1.62. The molecule has 2 aromatic rings. The Hall–Kier alpha value is -2.21. The number of aromatic nitrogens is 2. The second kappa shape index (κ2) is 8.76. The van der Waals surface area contributed by atoms with Gasteiger partial charge in [-0.05, 0) is 37.5 Å². The van der Waals surface area contributed by atoms with Crippen molar-refractivity contribution in [2.75, 3.05) is 23.3 Å². The summed E-state index contributed by atoms with van der Waals surface area (Å²) in [6.45, 7) is 4.80. The molecule has 25 heavy (non-hydrogen) atoms. The highest BCUT2D eigenvalue weighted by Crippen LogP contribution is 2.19. The predicted octanol–water partition coefficient (Wildman–Crippen LogP) is 3.65. The molecule has 0 amide bonds. The fraction of sp³-hybridized carbons (Fsp3) is 0.421. The number of rotatable bonds is 4. The lowest BCUT2D eigenvalue weighted by Crippen LogP contribution is -2.30. The van der Waals surface area contributed by atoms with Crippen molar-refractivity contribution in [1.29, 1.82) is 0 Å². The summed E-state index contributed by atoms with van der Waals surface area (Å²) in [6.07, 6.45) is 5.06. The monoisotopic (exact) mass is 355 g/mol. The van der Waals surface area contributed by atoms with E-state index in [2.05, 4.69) is 43.7 Å². The first kappa shape index (κ1) is 17.6. The molecule has 0 atom stereocenters. The van der Waals surface area contributed by atoms with Crippen molar-refractivity contribution in [1.82, 2.24) is 15.3 Å². The van der Waals surface area contributed by atoms with Crippen molar-refractivity contribution in [3.05, 3.63) is 47.7 Å². The van der Waals surface area contributed by atoms with E-state index in [1.165, 1.54) is 31.2 Å². The summed E-state index contributed by atoms with van der Waals surface area (Å²) >= 11 is 5.38. The van der Waals surface area contributed by atoms with Gasteiger partial charge in [-0.3, -0.25) is 0 Å². The Morgan fingerprint density at radius 1 is 1.08 bits per heavy atom. The van der Waals surface area contributed by atoms with Crippen LogP contribution in [-0.2, 0) is 6.54 Å². The van der Waals surface area contributed by atoms with E-state index in [4.69, 9.17) is 12.2 Å². The van der Waals surface area contributed by atoms with Gasteiger partial charge >= 0.3 is 0 Å². The van der Waals surface area contributed by atoms with Crippen LogP contribution in [-0.4, -0.2) is 28.2 Å². The van der Waals surface area contributed by atoms with Crippen LogP contribution < -0.4 is 15.5 Å². The second-order valence-electron chi connectivity index (χ2n) is 6.39. The molecular formula is C19H25N5S.